The van der Waals surface area contributed by atoms with Crippen LogP contribution in [0.4, 0.5) is 0 Å². The van der Waals surface area contributed by atoms with E-state index in [-0.39, 0.29) is 5.56 Å². The highest BCUT2D eigenvalue weighted by Gasteiger charge is 2.31. The molecule has 0 aromatic carbocycles. The van der Waals surface area contributed by atoms with Gasteiger partial charge in [0.1, 0.15) is 10.5 Å². The second-order valence-electron chi connectivity index (χ2n) is 6.48. The molecule has 2 aromatic rings. The van der Waals surface area contributed by atoms with Crippen molar-refractivity contribution in [2.24, 2.45) is 11.8 Å². The molecular weight excluding hydrogens is 282 g/mol. The standard InChI is InChI=1S/C16H21N3OS/c20-16-15-13(6-8-21-15)17-14(18-16)10-19-7-5-11-3-1-2-4-12(11)9-19/h6,8,11-12H,1-5,7,9-10H2,(H,17,18,20)/t11-,12-/m0/s1. The summed E-state index contributed by atoms with van der Waals surface area (Å²) in [6.45, 7) is 3.10. The number of rotatable bonds is 2. The van der Waals surface area contributed by atoms with Crippen molar-refractivity contribution in [2.45, 2.75) is 38.6 Å². The van der Waals surface area contributed by atoms with E-state index in [0.717, 1.165) is 41.0 Å². The van der Waals surface area contributed by atoms with Gasteiger partial charge in [-0.25, -0.2) is 4.98 Å². The van der Waals surface area contributed by atoms with Crippen molar-refractivity contribution >= 4 is 21.6 Å². The first kappa shape index (κ1) is 13.5. The summed E-state index contributed by atoms with van der Waals surface area (Å²) in [5.41, 5.74) is 0.851. The molecule has 2 aromatic heterocycles. The first-order chi connectivity index (χ1) is 10.3. The Labute approximate surface area is 128 Å². The average Bonchev–Trinajstić information content (AvgIpc) is 2.96. The van der Waals surface area contributed by atoms with E-state index >= 15 is 0 Å². The van der Waals surface area contributed by atoms with E-state index in [4.69, 9.17) is 0 Å². The van der Waals surface area contributed by atoms with Gasteiger partial charge >= 0.3 is 0 Å². The molecule has 0 spiro atoms. The SMILES string of the molecule is O=c1[nH]c(CN2CC[C@@H]3CCCC[C@H]3C2)nc2ccsc12. The molecule has 0 unspecified atom stereocenters. The summed E-state index contributed by atoms with van der Waals surface area (Å²) in [6, 6.07) is 1.94. The number of hydrogen-bond acceptors (Lipinski definition) is 4. The largest absolute Gasteiger partial charge is 0.308 e. The fourth-order valence-electron chi connectivity index (χ4n) is 4.03. The molecule has 0 amide bonds. The summed E-state index contributed by atoms with van der Waals surface area (Å²) in [5.74, 6) is 2.63. The molecule has 0 bridgehead atoms. The summed E-state index contributed by atoms with van der Waals surface area (Å²) < 4.78 is 0.740. The third kappa shape index (κ3) is 2.64. The van der Waals surface area contributed by atoms with Gasteiger partial charge in [0.25, 0.3) is 5.56 Å². The molecule has 1 aliphatic carbocycles. The Bertz CT molecular complexity index is 692. The summed E-state index contributed by atoms with van der Waals surface area (Å²) in [4.78, 5) is 22.1. The Morgan fingerprint density at radius 1 is 1.29 bits per heavy atom. The molecule has 0 radical (unpaired) electrons. The van der Waals surface area contributed by atoms with Crippen molar-refractivity contribution in [3.63, 3.8) is 0 Å². The van der Waals surface area contributed by atoms with Crippen LogP contribution in [0.3, 0.4) is 0 Å². The third-order valence-corrected chi connectivity index (χ3v) is 6.02. The maximum absolute atomic E-state index is 12.0. The molecule has 4 rings (SSSR count). The van der Waals surface area contributed by atoms with Crippen LogP contribution in [0, 0.1) is 11.8 Å². The van der Waals surface area contributed by atoms with E-state index in [1.165, 1.54) is 50.0 Å². The Balaban J connectivity index is 1.50. The topological polar surface area (TPSA) is 49.0 Å². The van der Waals surface area contributed by atoms with Gasteiger partial charge in [-0.3, -0.25) is 9.69 Å². The number of H-pyrrole nitrogens is 1. The van der Waals surface area contributed by atoms with Crippen molar-refractivity contribution in [1.29, 1.82) is 0 Å². The lowest BCUT2D eigenvalue weighted by Gasteiger charge is -2.41. The zero-order valence-electron chi connectivity index (χ0n) is 12.2. The molecule has 3 heterocycles. The minimum Gasteiger partial charge on any atom is -0.308 e. The Kier molecular flexibility index (Phi) is 3.55. The maximum atomic E-state index is 12.0. The second-order valence-corrected chi connectivity index (χ2v) is 7.39. The summed E-state index contributed by atoms with van der Waals surface area (Å²) >= 11 is 1.46. The predicted octanol–water partition coefficient (Wildman–Crippen LogP) is 3.00. The molecule has 5 heteroatoms. The molecule has 2 atom stereocenters. The number of aromatic amines is 1. The van der Waals surface area contributed by atoms with E-state index < -0.39 is 0 Å². The zero-order chi connectivity index (χ0) is 14.2. The summed E-state index contributed by atoms with van der Waals surface area (Å²) in [5, 5.41) is 1.93. The van der Waals surface area contributed by atoms with Gasteiger partial charge in [-0.15, -0.1) is 11.3 Å². The molecule has 4 nitrogen and oxygen atoms in total. The van der Waals surface area contributed by atoms with Crippen LogP contribution in [0.15, 0.2) is 16.2 Å². The van der Waals surface area contributed by atoms with Crippen LogP contribution in [-0.2, 0) is 6.54 Å². The van der Waals surface area contributed by atoms with Crippen LogP contribution in [0.25, 0.3) is 10.2 Å². The van der Waals surface area contributed by atoms with Crippen LogP contribution >= 0.6 is 11.3 Å². The lowest BCUT2D eigenvalue weighted by Crippen LogP contribution is -2.41. The van der Waals surface area contributed by atoms with Gasteiger partial charge in [-0.2, -0.15) is 0 Å². The first-order valence-electron chi connectivity index (χ1n) is 7.98. The Morgan fingerprint density at radius 3 is 3.05 bits per heavy atom. The van der Waals surface area contributed by atoms with Gasteiger partial charge in [-0.05, 0) is 42.7 Å². The lowest BCUT2D eigenvalue weighted by molar-refractivity contribution is 0.0803. The van der Waals surface area contributed by atoms with E-state index in [2.05, 4.69) is 14.9 Å². The monoisotopic (exact) mass is 303 g/mol. The second kappa shape index (κ2) is 5.54. The quantitative estimate of drug-likeness (QED) is 0.928. The summed E-state index contributed by atoms with van der Waals surface area (Å²) in [6.07, 6.45) is 6.94. The molecule has 1 saturated carbocycles. The molecule has 2 aliphatic rings. The number of nitrogens with zero attached hydrogens (tertiary/aromatic N) is 2. The smallest absolute Gasteiger partial charge is 0.268 e. The zero-order valence-corrected chi connectivity index (χ0v) is 13.0. The Hall–Kier alpha value is -1.20. The van der Waals surface area contributed by atoms with Gasteiger partial charge in [-0.1, -0.05) is 19.3 Å². The molecule has 21 heavy (non-hydrogen) atoms. The molecule has 2 fully saturated rings. The highest BCUT2D eigenvalue weighted by Crippen LogP contribution is 2.36. The minimum absolute atomic E-state index is 0.0116. The highest BCUT2D eigenvalue weighted by molar-refractivity contribution is 7.17. The van der Waals surface area contributed by atoms with E-state index in [1.54, 1.807) is 0 Å². The van der Waals surface area contributed by atoms with Crippen LogP contribution < -0.4 is 5.56 Å². The van der Waals surface area contributed by atoms with Gasteiger partial charge in [0.2, 0.25) is 0 Å². The lowest BCUT2D eigenvalue weighted by atomic mass is 9.75. The first-order valence-corrected chi connectivity index (χ1v) is 8.86. The van der Waals surface area contributed by atoms with E-state index in [1.807, 2.05) is 11.4 Å². The van der Waals surface area contributed by atoms with Crippen LogP contribution in [0.5, 0.6) is 0 Å². The van der Waals surface area contributed by atoms with Crippen molar-refractivity contribution in [2.75, 3.05) is 13.1 Å². The number of likely N-dealkylation sites (tertiary alicyclic amines) is 1. The highest BCUT2D eigenvalue weighted by atomic mass is 32.1. The van der Waals surface area contributed by atoms with Gasteiger partial charge in [0, 0.05) is 6.54 Å². The fraction of sp³-hybridized carbons (Fsp3) is 0.625. The number of fused-ring (bicyclic) bond motifs is 2. The fourth-order valence-corrected chi connectivity index (χ4v) is 4.75. The maximum Gasteiger partial charge on any atom is 0.268 e. The van der Waals surface area contributed by atoms with E-state index in [9.17, 15) is 4.79 Å². The molecule has 1 aliphatic heterocycles. The Morgan fingerprint density at radius 2 is 2.14 bits per heavy atom. The van der Waals surface area contributed by atoms with E-state index in [0.29, 0.717) is 0 Å². The number of nitrogens with one attached hydrogen (secondary N) is 1. The van der Waals surface area contributed by atoms with Crippen molar-refractivity contribution in [1.82, 2.24) is 14.9 Å². The number of piperidine rings is 1. The van der Waals surface area contributed by atoms with Crippen LogP contribution in [-0.4, -0.2) is 28.0 Å². The van der Waals surface area contributed by atoms with Crippen molar-refractivity contribution in [3.8, 4) is 0 Å². The number of thiophene rings is 1. The van der Waals surface area contributed by atoms with Gasteiger partial charge < -0.3 is 4.98 Å². The molecular formula is C16H21N3OS. The molecule has 112 valence electrons. The molecule has 1 saturated heterocycles. The average molecular weight is 303 g/mol. The number of hydrogen-bond donors (Lipinski definition) is 1. The van der Waals surface area contributed by atoms with Gasteiger partial charge in [0.15, 0.2) is 0 Å². The number of aromatic nitrogens is 2. The van der Waals surface area contributed by atoms with Crippen molar-refractivity contribution < 1.29 is 0 Å². The molecule has 1 N–H and O–H groups in total. The summed E-state index contributed by atoms with van der Waals surface area (Å²) in [7, 11) is 0. The minimum atomic E-state index is 0.0116. The van der Waals surface area contributed by atoms with Crippen LogP contribution in [0.2, 0.25) is 0 Å². The van der Waals surface area contributed by atoms with Gasteiger partial charge in [0.05, 0.1) is 12.1 Å². The third-order valence-electron chi connectivity index (χ3n) is 5.11. The van der Waals surface area contributed by atoms with Crippen molar-refractivity contribution in [3.05, 3.63) is 27.6 Å². The predicted molar refractivity (Wildman–Crippen MR) is 85.6 cm³/mol. The van der Waals surface area contributed by atoms with Crippen LogP contribution in [0.1, 0.15) is 37.9 Å². The normalized spacial score (nSPS) is 26.9.